The lowest BCUT2D eigenvalue weighted by molar-refractivity contribution is -0.104. The van der Waals surface area contributed by atoms with Crippen molar-refractivity contribution in [2.45, 2.75) is 37.6 Å². The Morgan fingerprint density at radius 2 is 1.96 bits per heavy atom. The highest BCUT2D eigenvalue weighted by molar-refractivity contribution is 9.10. The lowest BCUT2D eigenvalue weighted by Gasteiger charge is -2.32. The Hall–Kier alpha value is -1.67. The van der Waals surface area contributed by atoms with Crippen molar-refractivity contribution in [2.24, 2.45) is 0 Å². The fourth-order valence-corrected chi connectivity index (χ4v) is 3.56. The molecule has 0 amide bonds. The van der Waals surface area contributed by atoms with Crippen LogP contribution in [0.5, 0.6) is 0 Å². The summed E-state index contributed by atoms with van der Waals surface area (Å²) < 4.78 is 19.8. The summed E-state index contributed by atoms with van der Waals surface area (Å²) in [6.07, 6.45) is 5.67. The number of terminal acetylenes is 1. The molecule has 1 N–H and O–H groups in total. The summed E-state index contributed by atoms with van der Waals surface area (Å²) in [4.78, 5) is 0. The van der Waals surface area contributed by atoms with E-state index in [1.807, 2.05) is 36.4 Å². The first-order valence-corrected chi connectivity index (χ1v) is 9.11. The number of hydrogen-bond acceptors (Lipinski definition) is 2. The van der Waals surface area contributed by atoms with Gasteiger partial charge in [-0.3, -0.25) is 0 Å². The monoisotopic (exact) mass is 402 g/mol. The fraction of sp³-hybridized carbons (Fsp3) is 0.333. The van der Waals surface area contributed by atoms with E-state index in [9.17, 15) is 9.50 Å². The molecule has 25 heavy (non-hydrogen) atoms. The van der Waals surface area contributed by atoms with Gasteiger partial charge < -0.3 is 9.84 Å². The van der Waals surface area contributed by atoms with Crippen LogP contribution in [0.15, 0.2) is 46.9 Å². The molecule has 2 nitrogen and oxygen atoms in total. The first kappa shape index (κ1) is 18.1. The van der Waals surface area contributed by atoms with Crippen molar-refractivity contribution < 1.29 is 14.2 Å². The largest absolute Gasteiger partial charge is 0.393 e. The zero-order valence-corrected chi connectivity index (χ0v) is 15.4. The lowest BCUT2D eigenvalue weighted by atomic mass is 9.94. The van der Waals surface area contributed by atoms with Gasteiger partial charge in [-0.15, -0.1) is 6.42 Å². The standard InChI is InChI=1S/C21H20BrFO2/c1-2-14-3-5-15(6-4-14)9-17-10-16(7-8-20(17)22)21-12-18(24)11-19(13-23)25-21/h1,3-8,10,18-19,21,24H,9,11-13H2. The number of benzene rings is 2. The molecule has 1 aliphatic heterocycles. The molecule has 3 atom stereocenters. The SMILES string of the molecule is C#Cc1ccc(Cc2cc(C3CC(O)CC(CF)O3)ccc2Br)cc1. The molecule has 130 valence electrons. The molecule has 1 aliphatic rings. The van der Waals surface area contributed by atoms with Gasteiger partial charge in [0.25, 0.3) is 0 Å². The van der Waals surface area contributed by atoms with Crippen LogP contribution in [-0.2, 0) is 11.2 Å². The third-order valence-electron chi connectivity index (χ3n) is 4.51. The Bertz CT molecular complexity index is 766. The summed E-state index contributed by atoms with van der Waals surface area (Å²) in [7, 11) is 0. The van der Waals surface area contributed by atoms with E-state index in [1.54, 1.807) is 0 Å². The average molecular weight is 403 g/mol. The quantitative estimate of drug-likeness (QED) is 0.758. The van der Waals surface area contributed by atoms with Gasteiger partial charge in [0, 0.05) is 22.9 Å². The molecule has 4 heteroatoms. The predicted octanol–water partition coefficient (Wildman–Crippen LogP) is 4.57. The average Bonchev–Trinajstić information content (AvgIpc) is 2.63. The van der Waals surface area contributed by atoms with E-state index < -0.39 is 18.9 Å². The number of alkyl halides is 1. The lowest BCUT2D eigenvalue weighted by Crippen LogP contribution is -2.32. The van der Waals surface area contributed by atoms with Gasteiger partial charge in [-0.1, -0.05) is 46.1 Å². The minimum Gasteiger partial charge on any atom is -0.393 e. The van der Waals surface area contributed by atoms with Crippen molar-refractivity contribution in [1.82, 2.24) is 0 Å². The van der Waals surface area contributed by atoms with Crippen LogP contribution in [0.4, 0.5) is 4.39 Å². The van der Waals surface area contributed by atoms with E-state index in [0.717, 1.165) is 33.1 Å². The maximum Gasteiger partial charge on any atom is 0.116 e. The topological polar surface area (TPSA) is 29.5 Å². The number of halogens is 2. The van der Waals surface area contributed by atoms with Gasteiger partial charge in [0.15, 0.2) is 0 Å². The second kappa shape index (κ2) is 8.14. The van der Waals surface area contributed by atoms with Gasteiger partial charge in [-0.25, -0.2) is 4.39 Å². The number of ether oxygens (including phenoxy) is 1. The van der Waals surface area contributed by atoms with Crippen LogP contribution in [0, 0.1) is 12.3 Å². The molecule has 1 heterocycles. The molecule has 0 radical (unpaired) electrons. The first-order valence-electron chi connectivity index (χ1n) is 8.32. The minimum atomic E-state index is -0.571. The highest BCUT2D eigenvalue weighted by Crippen LogP contribution is 2.34. The summed E-state index contributed by atoms with van der Waals surface area (Å²) in [6, 6.07) is 13.9. The highest BCUT2D eigenvalue weighted by atomic mass is 79.9. The van der Waals surface area contributed by atoms with Crippen LogP contribution in [0.2, 0.25) is 0 Å². The Balaban J connectivity index is 1.81. The van der Waals surface area contributed by atoms with E-state index >= 15 is 0 Å². The van der Waals surface area contributed by atoms with Crippen LogP contribution in [0.3, 0.4) is 0 Å². The molecule has 0 bridgehead atoms. The van der Waals surface area contributed by atoms with Crippen molar-refractivity contribution in [3.8, 4) is 12.3 Å². The maximum atomic E-state index is 13.0. The summed E-state index contributed by atoms with van der Waals surface area (Å²) in [6.45, 7) is -0.571. The molecule has 2 aromatic rings. The van der Waals surface area contributed by atoms with Gasteiger partial charge in [0.05, 0.1) is 18.3 Å². The summed E-state index contributed by atoms with van der Waals surface area (Å²) in [5, 5.41) is 9.98. The zero-order chi connectivity index (χ0) is 17.8. The predicted molar refractivity (Wildman–Crippen MR) is 100 cm³/mol. The molecule has 3 rings (SSSR count). The molecule has 0 aliphatic carbocycles. The molecular weight excluding hydrogens is 383 g/mol. The molecule has 1 fully saturated rings. The molecule has 0 saturated carbocycles. The van der Waals surface area contributed by atoms with Gasteiger partial charge >= 0.3 is 0 Å². The highest BCUT2D eigenvalue weighted by Gasteiger charge is 2.29. The normalized spacial score (nSPS) is 23.2. The second-order valence-corrected chi connectivity index (χ2v) is 7.25. The molecule has 3 unspecified atom stereocenters. The van der Waals surface area contributed by atoms with E-state index in [2.05, 4.69) is 27.9 Å². The maximum absolute atomic E-state index is 13.0. The van der Waals surface area contributed by atoms with Gasteiger partial charge in [0.2, 0.25) is 0 Å². The Morgan fingerprint density at radius 1 is 1.20 bits per heavy atom. The Labute approximate surface area is 156 Å². The summed E-state index contributed by atoms with van der Waals surface area (Å²) >= 11 is 3.59. The minimum absolute atomic E-state index is 0.278. The van der Waals surface area contributed by atoms with Crippen molar-refractivity contribution in [1.29, 1.82) is 0 Å². The molecule has 1 saturated heterocycles. The van der Waals surface area contributed by atoms with E-state index in [-0.39, 0.29) is 6.10 Å². The second-order valence-electron chi connectivity index (χ2n) is 6.40. The van der Waals surface area contributed by atoms with Crippen molar-refractivity contribution in [3.63, 3.8) is 0 Å². The Morgan fingerprint density at radius 3 is 2.64 bits per heavy atom. The van der Waals surface area contributed by atoms with Crippen molar-refractivity contribution in [3.05, 3.63) is 69.2 Å². The van der Waals surface area contributed by atoms with Crippen molar-refractivity contribution in [2.75, 3.05) is 6.67 Å². The Kier molecular flexibility index (Phi) is 5.90. The van der Waals surface area contributed by atoms with E-state index in [4.69, 9.17) is 11.2 Å². The van der Waals surface area contributed by atoms with Crippen LogP contribution in [-0.4, -0.2) is 24.0 Å². The van der Waals surface area contributed by atoms with Crippen LogP contribution >= 0.6 is 15.9 Å². The third-order valence-corrected chi connectivity index (χ3v) is 5.28. The van der Waals surface area contributed by atoms with Crippen LogP contribution < -0.4 is 0 Å². The van der Waals surface area contributed by atoms with E-state index in [1.165, 1.54) is 0 Å². The first-order chi connectivity index (χ1) is 12.1. The fourth-order valence-electron chi connectivity index (χ4n) is 3.17. The number of aliphatic hydroxyl groups is 1. The van der Waals surface area contributed by atoms with Gasteiger partial charge in [0.1, 0.15) is 6.67 Å². The zero-order valence-electron chi connectivity index (χ0n) is 13.8. The number of rotatable bonds is 4. The third kappa shape index (κ3) is 4.49. The number of aliphatic hydroxyl groups excluding tert-OH is 1. The summed E-state index contributed by atoms with van der Waals surface area (Å²) in [5.41, 5.74) is 4.10. The van der Waals surface area contributed by atoms with Crippen molar-refractivity contribution >= 4 is 15.9 Å². The summed E-state index contributed by atoms with van der Waals surface area (Å²) in [5.74, 6) is 2.62. The van der Waals surface area contributed by atoms with Crippen LogP contribution in [0.25, 0.3) is 0 Å². The van der Waals surface area contributed by atoms with Crippen LogP contribution in [0.1, 0.15) is 41.2 Å². The molecular formula is C21H20BrFO2. The molecule has 0 spiro atoms. The van der Waals surface area contributed by atoms with E-state index in [0.29, 0.717) is 12.8 Å². The molecule has 2 aromatic carbocycles. The van der Waals surface area contributed by atoms with Gasteiger partial charge in [-0.2, -0.15) is 0 Å². The smallest absolute Gasteiger partial charge is 0.116 e. The number of hydrogen-bond donors (Lipinski definition) is 1. The van der Waals surface area contributed by atoms with Gasteiger partial charge in [-0.05, 0) is 41.3 Å². The molecule has 0 aromatic heterocycles.